The number of anilines is 1. The van der Waals surface area contributed by atoms with E-state index < -0.39 is 11.8 Å². The number of carbonyl (C=O) groups is 2. The Morgan fingerprint density at radius 1 is 1.32 bits per heavy atom. The number of nitrogens with one attached hydrogen (secondary N) is 2. The number of pyridine rings is 1. The maximum absolute atomic E-state index is 14.5. The van der Waals surface area contributed by atoms with E-state index in [0.717, 1.165) is 0 Å². The molecule has 1 aliphatic rings. The lowest BCUT2D eigenvalue weighted by molar-refractivity contribution is 0.0493. The van der Waals surface area contributed by atoms with Crippen LogP contribution in [0.15, 0.2) is 30.5 Å². The predicted octanol–water partition coefficient (Wildman–Crippen LogP) is 3.74. The van der Waals surface area contributed by atoms with Gasteiger partial charge in [-0.3, -0.25) is 10.1 Å². The highest BCUT2D eigenvalue weighted by Gasteiger charge is 2.44. The molecule has 2 N–H and O–H groups in total. The third-order valence-electron chi connectivity index (χ3n) is 4.29. The lowest BCUT2D eigenvalue weighted by Gasteiger charge is -2.15. The van der Waals surface area contributed by atoms with Gasteiger partial charge in [-0.15, -0.1) is 0 Å². The molecule has 0 aliphatic heterocycles. The van der Waals surface area contributed by atoms with E-state index in [0.29, 0.717) is 17.3 Å². The van der Waals surface area contributed by atoms with E-state index in [2.05, 4.69) is 15.6 Å². The molecule has 0 spiro atoms. The van der Waals surface area contributed by atoms with E-state index in [1.807, 2.05) is 0 Å². The van der Waals surface area contributed by atoms with Gasteiger partial charge in [0.1, 0.15) is 17.4 Å². The number of urea groups is 1. The number of aromatic nitrogens is 1. The molecule has 148 valence electrons. The molecule has 1 heterocycles. The number of Topliss-reactive ketones (excluding diaryl/α,β-unsaturated/α-hetero) is 1. The molecule has 7 nitrogen and oxygen atoms in total. The summed E-state index contributed by atoms with van der Waals surface area (Å²) in [7, 11) is 1.43. The van der Waals surface area contributed by atoms with Gasteiger partial charge in [-0.2, -0.15) is 0 Å². The summed E-state index contributed by atoms with van der Waals surface area (Å²) in [6.45, 7) is 1.26. The second-order valence-corrected chi connectivity index (χ2v) is 6.79. The molecule has 1 aromatic heterocycles. The quantitative estimate of drug-likeness (QED) is 0.539. The first-order valence-corrected chi connectivity index (χ1v) is 8.92. The van der Waals surface area contributed by atoms with Gasteiger partial charge in [0.15, 0.2) is 12.6 Å². The highest BCUT2D eigenvalue weighted by molar-refractivity contribution is 6.30. The van der Waals surface area contributed by atoms with Crippen molar-refractivity contribution < 1.29 is 23.5 Å². The minimum Gasteiger partial charge on any atom is -0.466 e. The summed E-state index contributed by atoms with van der Waals surface area (Å²) in [5, 5.41) is 5.81. The Hall–Kier alpha value is -2.71. The maximum atomic E-state index is 14.5. The van der Waals surface area contributed by atoms with Crippen LogP contribution < -0.4 is 15.4 Å². The molecule has 0 bridgehead atoms. The van der Waals surface area contributed by atoms with Crippen molar-refractivity contribution in [3.05, 3.63) is 52.4 Å². The summed E-state index contributed by atoms with van der Waals surface area (Å²) in [6.07, 6.45) is 1.93. The highest BCUT2D eigenvalue weighted by atomic mass is 35.5. The van der Waals surface area contributed by atoms with Crippen LogP contribution in [-0.2, 0) is 4.74 Å². The SMILES string of the molecule is COCOc1c(C(C)=O)ccc(F)c1C1CC1NC(=O)Nc1ccc(Cl)cn1. The van der Waals surface area contributed by atoms with Crippen LogP contribution in [0.5, 0.6) is 5.75 Å². The molecule has 0 radical (unpaired) electrons. The Morgan fingerprint density at radius 3 is 2.75 bits per heavy atom. The van der Waals surface area contributed by atoms with Gasteiger partial charge in [0.05, 0.1) is 10.6 Å². The number of amides is 2. The maximum Gasteiger partial charge on any atom is 0.320 e. The van der Waals surface area contributed by atoms with Gasteiger partial charge in [-0.05, 0) is 37.6 Å². The molecule has 1 saturated carbocycles. The van der Waals surface area contributed by atoms with E-state index in [-0.39, 0.29) is 41.4 Å². The lowest BCUT2D eigenvalue weighted by atomic mass is 10.0. The van der Waals surface area contributed by atoms with Crippen molar-refractivity contribution >= 4 is 29.2 Å². The Kier molecular flexibility index (Phi) is 6.11. The molecule has 28 heavy (non-hydrogen) atoms. The Bertz CT molecular complexity index is 891. The molecular formula is C19H19ClFN3O4. The van der Waals surface area contributed by atoms with Crippen molar-refractivity contribution in [1.29, 1.82) is 0 Å². The molecule has 1 aromatic carbocycles. The normalized spacial score (nSPS) is 17.7. The molecule has 3 rings (SSSR count). The minimum atomic E-state index is -0.495. The predicted molar refractivity (Wildman–Crippen MR) is 101 cm³/mol. The number of nitrogens with zero attached hydrogens (tertiary/aromatic N) is 1. The van der Waals surface area contributed by atoms with Crippen LogP contribution in [0.4, 0.5) is 15.0 Å². The topological polar surface area (TPSA) is 89.5 Å². The van der Waals surface area contributed by atoms with Gasteiger partial charge in [-0.25, -0.2) is 14.2 Å². The van der Waals surface area contributed by atoms with Crippen LogP contribution in [0.2, 0.25) is 5.02 Å². The van der Waals surface area contributed by atoms with Gasteiger partial charge < -0.3 is 14.8 Å². The number of ketones is 1. The zero-order chi connectivity index (χ0) is 20.3. The zero-order valence-electron chi connectivity index (χ0n) is 15.3. The third-order valence-corrected chi connectivity index (χ3v) is 4.51. The minimum absolute atomic E-state index is 0.121. The van der Waals surface area contributed by atoms with Crippen LogP contribution in [0.3, 0.4) is 0 Å². The van der Waals surface area contributed by atoms with Crippen LogP contribution in [0.25, 0.3) is 0 Å². The van der Waals surface area contributed by atoms with E-state index in [1.54, 1.807) is 12.1 Å². The van der Waals surface area contributed by atoms with Crippen LogP contribution in [0, 0.1) is 5.82 Å². The van der Waals surface area contributed by atoms with E-state index in [9.17, 15) is 14.0 Å². The van der Waals surface area contributed by atoms with Crippen molar-refractivity contribution in [3.8, 4) is 5.75 Å². The first kappa shape index (κ1) is 20.0. The van der Waals surface area contributed by atoms with E-state index >= 15 is 0 Å². The fraction of sp³-hybridized carbons (Fsp3) is 0.316. The summed E-state index contributed by atoms with van der Waals surface area (Å²) in [4.78, 5) is 28.0. The number of hydrogen-bond acceptors (Lipinski definition) is 5. The fourth-order valence-corrected chi connectivity index (χ4v) is 3.03. The van der Waals surface area contributed by atoms with Crippen molar-refractivity contribution in [2.75, 3.05) is 19.2 Å². The highest BCUT2D eigenvalue weighted by Crippen LogP contribution is 2.47. The van der Waals surface area contributed by atoms with Crippen molar-refractivity contribution in [2.45, 2.75) is 25.3 Å². The average molecular weight is 408 g/mol. The molecule has 9 heteroatoms. The van der Waals surface area contributed by atoms with Crippen molar-refractivity contribution in [2.24, 2.45) is 0 Å². The van der Waals surface area contributed by atoms with Gasteiger partial charge in [-0.1, -0.05) is 11.6 Å². The third kappa shape index (κ3) is 4.58. The van der Waals surface area contributed by atoms with Gasteiger partial charge in [0.25, 0.3) is 0 Å². The Morgan fingerprint density at radius 2 is 2.11 bits per heavy atom. The number of halogens is 2. The number of ether oxygens (including phenoxy) is 2. The summed E-state index contributed by atoms with van der Waals surface area (Å²) in [6, 6.07) is 5.03. The van der Waals surface area contributed by atoms with Gasteiger partial charge in [0.2, 0.25) is 0 Å². The number of rotatable bonds is 7. The lowest BCUT2D eigenvalue weighted by Crippen LogP contribution is -2.31. The standard InChI is InChI=1S/C19H19ClFN3O4/c1-10(25)12-4-5-14(21)17(18(12)28-9-27-2)13-7-15(13)23-19(26)24-16-6-3-11(20)8-22-16/h3-6,8,13,15H,7,9H2,1-2H3,(H2,22,23,24,26). The summed E-state index contributed by atoms with van der Waals surface area (Å²) < 4.78 is 24.9. The second kappa shape index (κ2) is 8.53. The first-order valence-electron chi connectivity index (χ1n) is 8.54. The molecular weight excluding hydrogens is 389 g/mol. The second-order valence-electron chi connectivity index (χ2n) is 6.35. The fourth-order valence-electron chi connectivity index (χ4n) is 2.92. The van der Waals surface area contributed by atoms with E-state index in [4.69, 9.17) is 21.1 Å². The molecule has 2 aromatic rings. The number of carbonyl (C=O) groups excluding carboxylic acids is 2. The molecule has 2 amide bonds. The first-order chi connectivity index (χ1) is 13.4. The Labute approximate surface area is 166 Å². The van der Waals surface area contributed by atoms with Crippen LogP contribution in [-0.4, -0.2) is 36.7 Å². The monoisotopic (exact) mass is 407 g/mol. The van der Waals surface area contributed by atoms with E-state index in [1.165, 1.54) is 32.4 Å². The zero-order valence-corrected chi connectivity index (χ0v) is 16.0. The summed E-state index contributed by atoms with van der Waals surface area (Å²) in [5.41, 5.74) is 0.536. The van der Waals surface area contributed by atoms with Crippen LogP contribution in [0.1, 0.15) is 35.2 Å². The largest absolute Gasteiger partial charge is 0.466 e. The van der Waals surface area contributed by atoms with Crippen LogP contribution >= 0.6 is 11.6 Å². The van der Waals surface area contributed by atoms with Crippen molar-refractivity contribution in [3.63, 3.8) is 0 Å². The number of benzene rings is 1. The number of methoxy groups -OCH3 is 1. The molecule has 1 aliphatic carbocycles. The summed E-state index contributed by atoms with van der Waals surface area (Å²) in [5.74, 6) is -0.555. The number of hydrogen-bond donors (Lipinski definition) is 2. The summed E-state index contributed by atoms with van der Waals surface area (Å²) >= 11 is 5.76. The average Bonchev–Trinajstić information content (AvgIpc) is 3.39. The molecule has 0 saturated heterocycles. The smallest absolute Gasteiger partial charge is 0.320 e. The molecule has 1 fully saturated rings. The van der Waals surface area contributed by atoms with Gasteiger partial charge in [0, 0.05) is 30.8 Å². The molecule has 2 atom stereocenters. The van der Waals surface area contributed by atoms with Gasteiger partial charge >= 0.3 is 6.03 Å². The molecule has 2 unspecified atom stereocenters. The Balaban J connectivity index is 1.72. The van der Waals surface area contributed by atoms with Crippen molar-refractivity contribution in [1.82, 2.24) is 10.3 Å².